The summed E-state index contributed by atoms with van der Waals surface area (Å²) in [5, 5.41) is 7.09. The maximum absolute atomic E-state index is 12.9. The van der Waals surface area contributed by atoms with Gasteiger partial charge in [0.2, 0.25) is 5.91 Å². The molecule has 3 fully saturated rings. The van der Waals surface area contributed by atoms with Crippen LogP contribution in [-0.2, 0) is 25.7 Å². The van der Waals surface area contributed by atoms with Gasteiger partial charge in [-0.25, -0.2) is 0 Å². The Morgan fingerprint density at radius 2 is 1.97 bits per heavy atom. The molecule has 1 spiro atoms. The van der Waals surface area contributed by atoms with Gasteiger partial charge in [0.05, 0.1) is 18.7 Å². The normalized spacial score (nSPS) is 28.1. The number of furan rings is 1. The van der Waals surface area contributed by atoms with Crippen LogP contribution in [0.1, 0.15) is 44.3 Å². The number of ether oxygens (including phenoxy) is 1. The fourth-order valence-corrected chi connectivity index (χ4v) is 5.70. The number of piperidine rings is 1. The van der Waals surface area contributed by atoms with Crippen molar-refractivity contribution in [2.24, 2.45) is 22.4 Å². The van der Waals surface area contributed by atoms with E-state index in [1.54, 1.807) is 12.3 Å². The molecule has 2 amide bonds. The van der Waals surface area contributed by atoms with E-state index in [4.69, 9.17) is 14.0 Å². The quantitative estimate of drug-likeness (QED) is 0.813. The predicted molar refractivity (Wildman–Crippen MR) is 107 cm³/mol. The lowest BCUT2D eigenvalue weighted by Gasteiger charge is -2.43. The highest BCUT2D eigenvalue weighted by Crippen LogP contribution is 2.54. The van der Waals surface area contributed by atoms with Crippen LogP contribution < -0.4 is 5.32 Å². The topological polar surface area (TPSA) is 93.4 Å². The Hall–Kier alpha value is -2.35. The number of hydrogen-bond donors (Lipinski definition) is 1. The second-order valence-electron chi connectivity index (χ2n) is 8.97. The van der Waals surface area contributed by atoms with Crippen molar-refractivity contribution in [1.82, 2.24) is 10.2 Å². The van der Waals surface area contributed by atoms with Crippen molar-refractivity contribution in [2.75, 3.05) is 26.3 Å². The summed E-state index contributed by atoms with van der Waals surface area (Å²) in [4.78, 5) is 33.4. The molecule has 8 heteroatoms. The summed E-state index contributed by atoms with van der Waals surface area (Å²) in [7, 11) is 0. The molecule has 1 N–H and O–H groups in total. The molecule has 30 heavy (non-hydrogen) atoms. The lowest BCUT2D eigenvalue weighted by Crippen LogP contribution is -2.50. The highest BCUT2D eigenvalue weighted by atomic mass is 16.6. The van der Waals surface area contributed by atoms with E-state index in [1.807, 2.05) is 11.0 Å². The predicted octanol–water partition coefficient (Wildman–Crippen LogP) is 2.10. The second-order valence-corrected chi connectivity index (χ2v) is 8.97. The monoisotopic (exact) mass is 415 g/mol. The molecule has 8 nitrogen and oxygen atoms in total. The first-order valence-electron chi connectivity index (χ1n) is 11.1. The van der Waals surface area contributed by atoms with Crippen LogP contribution in [0.15, 0.2) is 28.0 Å². The Balaban J connectivity index is 1.22. The average Bonchev–Trinajstić information content (AvgIpc) is 3.52. The molecule has 2 atom stereocenters. The Bertz CT molecular complexity index is 807. The lowest BCUT2D eigenvalue weighted by molar-refractivity contribution is -0.141. The minimum Gasteiger partial charge on any atom is -0.467 e. The molecule has 0 radical (unpaired) electrons. The Morgan fingerprint density at radius 3 is 2.70 bits per heavy atom. The smallest absolute Gasteiger partial charge is 0.269 e. The Kier molecular flexibility index (Phi) is 5.26. The zero-order valence-corrected chi connectivity index (χ0v) is 17.2. The largest absolute Gasteiger partial charge is 0.467 e. The number of oxime groups is 1. The number of likely N-dealkylation sites (tertiary alicyclic amines) is 1. The van der Waals surface area contributed by atoms with Crippen LogP contribution in [0, 0.1) is 17.3 Å². The third-order valence-corrected chi connectivity index (χ3v) is 7.42. The first-order chi connectivity index (χ1) is 14.7. The van der Waals surface area contributed by atoms with Gasteiger partial charge in [0.1, 0.15) is 11.9 Å². The average molecular weight is 415 g/mol. The zero-order chi connectivity index (χ0) is 20.6. The molecule has 4 aliphatic rings. The highest BCUT2D eigenvalue weighted by molar-refractivity contribution is 6.40. The molecule has 4 heterocycles. The number of rotatable bonds is 4. The molecule has 1 aromatic rings. The second kappa shape index (κ2) is 8.06. The fourth-order valence-electron chi connectivity index (χ4n) is 5.70. The van der Waals surface area contributed by atoms with E-state index in [0.29, 0.717) is 31.2 Å². The standard InChI is InChI=1S/C22H29N3O5/c26-20(23-14-16-2-1-11-29-16)19-18-17(30-24-19)3-6-22(18)7-9-25(10-8-22)21(27)15-4-12-28-13-5-15/h1-2,11,15,17-18H,3-10,12-14H2,(H,23,26)/t17-,18+/m0/s1. The number of fused-ring (bicyclic) bond motifs is 2. The highest BCUT2D eigenvalue weighted by Gasteiger charge is 2.57. The van der Waals surface area contributed by atoms with E-state index in [-0.39, 0.29) is 35.2 Å². The number of carbonyl (C=O) groups excluding carboxylic acids is 2. The number of amides is 2. The zero-order valence-electron chi connectivity index (χ0n) is 17.2. The van der Waals surface area contributed by atoms with Crippen molar-refractivity contribution in [3.05, 3.63) is 24.2 Å². The summed E-state index contributed by atoms with van der Waals surface area (Å²) < 4.78 is 10.7. The number of hydrogen-bond acceptors (Lipinski definition) is 6. The van der Waals surface area contributed by atoms with Crippen LogP contribution in [0.3, 0.4) is 0 Å². The van der Waals surface area contributed by atoms with Crippen LogP contribution in [0.25, 0.3) is 0 Å². The molecule has 0 aromatic carbocycles. The molecule has 0 unspecified atom stereocenters. The summed E-state index contributed by atoms with van der Waals surface area (Å²) >= 11 is 0. The van der Waals surface area contributed by atoms with E-state index < -0.39 is 0 Å². The van der Waals surface area contributed by atoms with E-state index >= 15 is 0 Å². The van der Waals surface area contributed by atoms with Crippen LogP contribution in [-0.4, -0.2) is 54.8 Å². The number of nitrogens with one attached hydrogen (secondary N) is 1. The van der Waals surface area contributed by atoms with Crippen molar-refractivity contribution in [3.8, 4) is 0 Å². The van der Waals surface area contributed by atoms with Gasteiger partial charge in [-0.2, -0.15) is 0 Å². The van der Waals surface area contributed by atoms with Crippen LogP contribution >= 0.6 is 0 Å². The van der Waals surface area contributed by atoms with Crippen molar-refractivity contribution in [1.29, 1.82) is 0 Å². The molecule has 5 rings (SSSR count). The molecule has 162 valence electrons. The SMILES string of the molecule is O=C(NCc1ccco1)C1=NO[C@H]2CCC3(CCN(C(=O)C4CCOCC4)CC3)[C@@H]12. The number of nitrogens with zero attached hydrogens (tertiary/aromatic N) is 2. The molecular weight excluding hydrogens is 386 g/mol. The van der Waals surface area contributed by atoms with Gasteiger partial charge in [0.15, 0.2) is 5.71 Å². The first-order valence-corrected chi connectivity index (χ1v) is 11.1. The third kappa shape index (κ3) is 3.51. The van der Waals surface area contributed by atoms with E-state index in [2.05, 4.69) is 10.5 Å². The van der Waals surface area contributed by atoms with Crippen LogP contribution in [0.2, 0.25) is 0 Å². The molecule has 1 saturated carbocycles. The van der Waals surface area contributed by atoms with Gasteiger partial charge in [0.25, 0.3) is 5.91 Å². The molecule has 0 bridgehead atoms. The summed E-state index contributed by atoms with van der Waals surface area (Å²) in [6, 6.07) is 3.63. The minimum absolute atomic E-state index is 0.00548. The van der Waals surface area contributed by atoms with Crippen molar-refractivity contribution < 1.29 is 23.6 Å². The Labute approximate surface area is 175 Å². The van der Waals surface area contributed by atoms with Gasteiger partial charge >= 0.3 is 0 Å². The van der Waals surface area contributed by atoms with Crippen LogP contribution in [0.4, 0.5) is 0 Å². The van der Waals surface area contributed by atoms with E-state index in [9.17, 15) is 9.59 Å². The minimum atomic E-state index is -0.180. The fraction of sp³-hybridized carbons (Fsp3) is 0.682. The summed E-state index contributed by atoms with van der Waals surface area (Å²) in [5.74, 6) is 0.912. The maximum atomic E-state index is 12.9. The van der Waals surface area contributed by atoms with Gasteiger partial charge in [-0.15, -0.1) is 0 Å². The molecule has 1 aliphatic carbocycles. The summed E-state index contributed by atoms with van der Waals surface area (Å²) in [6.45, 7) is 3.20. The van der Waals surface area contributed by atoms with Gasteiger partial charge in [-0.3, -0.25) is 9.59 Å². The van der Waals surface area contributed by atoms with Crippen molar-refractivity contribution in [3.63, 3.8) is 0 Å². The van der Waals surface area contributed by atoms with Gasteiger partial charge in [-0.1, -0.05) is 5.16 Å². The van der Waals surface area contributed by atoms with Gasteiger partial charge < -0.3 is 24.2 Å². The third-order valence-electron chi connectivity index (χ3n) is 7.42. The van der Waals surface area contributed by atoms with Crippen molar-refractivity contribution in [2.45, 2.75) is 51.2 Å². The van der Waals surface area contributed by atoms with Crippen molar-refractivity contribution >= 4 is 17.5 Å². The summed E-state index contributed by atoms with van der Waals surface area (Å²) in [5.41, 5.74) is 0.502. The molecule has 1 aromatic heterocycles. The van der Waals surface area contributed by atoms with Crippen LogP contribution in [0.5, 0.6) is 0 Å². The Morgan fingerprint density at radius 1 is 1.17 bits per heavy atom. The van der Waals surface area contributed by atoms with Gasteiger partial charge in [-0.05, 0) is 56.1 Å². The first kappa shape index (κ1) is 19.6. The number of carbonyl (C=O) groups is 2. The van der Waals surface area contributed by atoms with E-state index in [0.717, 1.165) is 51.6 Å². The van der Waals surface area contributed by atoms with Gasteiger partial charge in [0, 0.05) is 32.2 Å². The maximum Gasteiger partial charge on any atom is 0.269 e. The lowest BCUT2D eigenvalue weighted by atomic mass is 9.68. The van der Waals surface area contributed by atoms with E-state index in [1.165, 1.54) is 0 Å². The molecule has 2 saturated heterocycles. The summed E-state index contributed by atoms with van der Waals surface area (Å²) in [6.07, 6.45) is 6.95. The molecule has 3 aliphatic heterocycles. The molecular formula is C22H29N3O5.